The molecule has 0 amide bonds. The lowest BCUT2D eigenvalue weighted by atomic mass is 10.1. The number of hydrogen-bond donors (Lipinski definition) is 0. The minimum absolute atomic E-state index is 0.214. The zero-order valence-electron chi connectivity index (χ0n) is 12.5. The van der Waals surface area contributed by atoms with Gasteiger partial charge in [-0.2, -0.15) is 4.31 Å². The summed E-state index contributed by atoms with van der Waals surface area (Å²) in [5, 5.41) is 0. The molecule has 0 aromatic heterocycles. The first-order chi connectivity index (χ1) is 10.6. The van der Waals surface area contributed by atoms with Gasteiger partial charge in [0.25, 0.3) is 0 Å². The van der Waals surface area contributed by atoms with Crippen molar-refractivity contribution in [3.63, 3.8) is 0 Å². The standard InChI is InChI=1S/C17H19NO3S/c1-14-7-5-6-10-17(14)22(19,20)18-11-12-21-16(13-18)15-8-3-2-4-9-15/h2-10,16H,11-13H2,1H3. The third-order valence-corrected chi connectivity index (χ3v) is 5.94. The van der Waals surface area contributed by atoms with Gasteiger partial charge in [0.15, 0.2) is 0 Å². The van der Waals surface area contributed by atoms with Crippen molar-refractivity contribution in [3.05, 3.63) is 65.7 Å². The molecule has 1 unspecified atom stereocenters. The molecule has 1 heterocycles. The van der Waals surface area contributed by atoms with E-state index in [0.717, 1.165) is 11.1 Å². The first-order valence-corrected chi connectivity index (χ1v) is 8.75. The second kappa shape index (κ2) is 6.20. The molecule has 0 spiro atoms. The summed E-state index contributed by atoms with van der Waals surface area (Å²) in [6.45, 7) is 2.97. The molecule has 0 N–H and O–H groups in total. The maximum absolute atomic E-state index is 12.9. The second-order valence-corrected chi connectivity index (χ2v) is 7.31. The molecule has 1 aliphatic heterocycles. The molecule has 0 bridgehead atoms. The van der Waals surface area contributed by atoms with Crippen molar-refractivity contribution in [2.24, 2.45) is 0 Å². The summed E-state index contributed by atoms with van der Waals surface area (Å²) in [6, 6.07) is 16.8. The van der Waals surface area contributed by atoms with Gasteiger partial charge in [-0.15, -0.1) is 0 Å². The Morgan fingerprint density at radius 3 is 2.45 bits per heavy atom. The summed E-state index contributed by atoms with van der Waals surface area (Å²) in [5.41, 5.74) is 1.78. The van der Waals surface area contributed by atoms with E-state index in [4.69, 9.17) is 4.74 Å². The molecule has 116 valence electrons. The van der Waals surface area contributed by atoms with Crippen LogP contribution in [0.3, 0.4) is 0 Å². The molecule has 1 fully saturated rings. The van der Waals surface area contributed by atoms with Gasteiger partial charge in [0.2, 0.25) is 10.0 Å². The summed E-state index contributed by atoms with van der Waals surface area (Å²) in [6.07, 6.45) is -0.214. The van der Waals surface area contributed by atoms with Gasteiger partial charge in [-0.05, 0) is 24.1 Å². The van der Waals surface area contributed by atoms with E-state index in [1.54, 1.807) is 12.1 Å². The van der Waals surface area contributed by atoms with Crippen LogP contribution in [0.1, 0.15) is 17.2 Å². The van der Waals surface area contributed by atoms with Gasteiger partial charge in [0, 0.05) is 13.1 Å². The van der Waals surface area contributed by atoms with Crippen LogP contribution in [0.4, 0.5) is 0 Å². The van der Waals surface area contributed by atoms with Crippen molar-refractivity contribution < 1.29 is 13.2 Å². The van der Waals surface area contributed by atoms with Crippen LogP contribution in [0.2, 0.25) is 0 Å². The summed E-state index contributed by atoms with van der Waals surface area (Å²) < 4.78 is 33.0. The van der Waals surface area contributed by atoms with Crippen LogP contribution < -0.4 is 0 Å². The smallest absolute Gasteiger partial charge is 0.243 e. The molecule has 2 aromatic rings. The molecule has 2 aromatic carbocycles. The SMILES string of the molecule is Cc1ccccc1S(=O)(=O)N1CCOC(c2ccccc2)C1. The fourth-order valence-electron chi connectivity index (χ4n) is 2.70. The maximum atomic E-state index is 12.9. The Balaban J connectivity index is 1.87. The largest absolute Gasteiger partial charge is 0.371 e. The van der Waals surface area contributed by atoms with Crippen LogP contribution in [0.25, 0.3) is 0 Å². The van der Waals surface area contributed by atoms with Gasteiger partial charge in [-0.25, -0.2) is 8.42 Å². The van der Waals surface area contributed by atoms with Gasteiger partial charge >= 0.3 is 0 Å². The third kappa shape index (κ3) is 2.92. The van der Waals surface area contributed by atoms with Crippen LogP contribution >= 0.6 is 0 Å². The van der Waals surface area contributed by atoms with E-state index in [0.29, 0.717) is 24.6 Å². The van der Waals surface area contributed by atoms with E-state index >= 15 is 0 Å². The normalized spacial score (nSPS) is 20.0. The predicted octanol–water partition coefficient (Wildman–Crippen LogP) is 2.76. The molecule has 22 heavy (non-hydrogen) atoms. The second-order valence-electron chi connectivity index (χ2n) is 5.40. The minimum Gasteiger partial charge on any atom is -0.371 e. The lowest BCUT2D eigenvalue weighted by molar-refractivity contribution is -0.00256. The lowest BCUT2D eigenvalue weighted by Gasteiger charge is -2.32. The number of benzene rings is 2. The fourth-order valence-corrected chi connectivity index (χ4v) is 4.35. The molecule has 0 saturated carbocycles. The van der Waals surface area contributed by atoms with Crippen molar-refractivity contribution >= 4 is 10.0 Å². The summed E-state index contributed by atoms with van der Waals surface area (Å²) in [5.74, 6) is 0. The molecule has 0 radical (unpaired) electrons. The molecule has 1 saturated heterocycles. The highest BCUT2D eigenvalue weighted by molar-refractivity contribution is 7.89. The van der Waals surface area contributed by atoms with E-state index in [1.165, 1.54) is 4.31 Å². The van der Waals surface area contributed by atoms with Gasteiger partial charge in [-0.3, -0.25) is 0 Å². The Morgan fingerprint density at radius 2 is 1.73 bits per heavy atom. The molecular weight excluding hydrogens is 298 g/mol. The van der Waals surface area contributed by atoms with Crippen molar-refractivity contribution in [3.8, 4) is 0 Å². The highest BCUT2D eigenvalue weighted by Gasteiger charge is 2.32. The first kappa shape index (κ1) is 15.2. The Morgan fingerprint density at radius 1 is 1.05 bits per heavy atom. The van der Waals surface area contributed by atoms with E-state index in [2.05, 4.69) is 0 Å². The van der Waals surface area contributed by atoms with E-state index in [9.17, 15) is 8.42 Å². The zero-order chi connectivity index (χ0) is 15.6. The summed E-state index contributed by atoms with van der Waals surface area (Å²) in [4.78, 5) is 0.378. The predicted molar refractivity (Wildman–Crippen MR) is 85.1 cm³/mol. The lowest BCUT2D eigenvalue weighted by Crippen LogP contribution is -2.42. The molecule has 3 rings (SSSR count). The number of ether oxygens (including phenoxy) is 1. The average molecular weight is 317 g/mol. The molecule has 4 nitrogen and oxygen atoms in total. The van der Waals surface area contributed by atoms with Crippen LogP contribution in [-0.4, -0.2) is 32.4 Å². The van der Waals surface area contributed by atoms with Crippen LogP contribution in [0, 0.1) is 6.92 Å². The van der Waals surface area contributed by atoms with E-state index in [1.807, 2.05) is 49.4 Å². The fraction of sp³-hybridized carbons (Fsp3) is 0.294. The number of rotatable bonds is 3. The van der Waals surface area contributed by atoms with E-state index < -0.39 is 10.0 Å². The minimum atomic E-state index is -3.48. The summed E-state index contributed by atoms with van der Waals surface area (Å²) >= 11 is 0. The topological polar surface area (TPSA) is 46.6 Å². The van der Waals surface area contributed by atoms with E-state index in [-0.39, 0.29) is 6.10 Å². The molecule has 1 atom stereocenters. The van der Waals surface area contributed by atoms with Gasteiger partial charge in [0.1, 0.15) is 0 Å². The molecular formula is C17H19NO3S. The Bertz CT molecular complexity index is 744. The Kier molecular flexibility index (Phi) is 4.29. The average Bonchev–Trinajstić information content (AvgIpc) is 2.56. The quantitative estimate of drug-likeness (QED) is 0.874. The molecule has 1 aliphatic rings. The zero-order valence-corrected chi connectivity index (χ0v) is 13.3. The third-order valence-electron chi connectivity index (χ3n) is 3.91. The molecule has 5 heteroatoms. The summed E-state index contributed by atoms with van der Waals surface area (Å²) in [7, 11) is -3.48. The Labute approximate surface area is 131 Å². The monoisotopic (exact) mass is 317 g/mol. The number of aryl methyl sites for hydroxylation is 1. The van der Waals surface area contributed by atoms with Gasteiger partial charge in [0.05, 0.1) is 17.6 Å². The number of sulfonamides is 1. The maximum Gasteiger partial charge on any atom is 0.243 e. The number of nitrogens with zero attached hydrogens (tertiary/aromatic N) is 1. The van der Waals surface area contributed by atoms with Crippen molar-refractivity contribution in [1.82, 2.24) is 4.31 Å². The van der Waals surface area contributed by atoms with Crippen LogP contribution in [0.5, 0.6) is 0 Å². The van der Waals surface area contributed by atoms with Crippen LogP contribution in [-0.2, 0) is 14.8 Å². The van der Waals surface area contributed by atoms with Crippen molar-refractivity contribution in [2.75, 3.05) is 19.7 Å². The van der Waals surface area contributed by atoms with Crippen LogP contribution in [0.15, 0.2) is 59.5 Å². The van der Waals surface area contributed by atoms with Gasteiger partial charge in [-0.1, -0.05) is 48.5 Å². The number of morpholine rings is 1. The molecule has 0 aliphatic carbocycles. The van der Waals surface area contributed by atoms with Crippen molar-refractivity contribution in [1.29, 1.82) is 0 Å². The van der Waals surface area contributed by atoms with Crippen molar-refractivity contribution in [2.45, 2.75) is 17.9 Å². The highest BCUT2D eigenvalue weighted by atomic mass is 32.2. The number of hydrogen-bond acceptors (Lipinski definition) is 3. The Hall–Kier alpha value is -1.69. The highest BCUT2D eigenvalue weighted by Crippen LogP contribution is 2.27. The first-order valence-electron chi connectivity index (χ1n) is 7.31. The van der Waals surface area contributed by atoms with Gasteiger partial charge < -0.3 is 4.74 Å².